The van der Waals surface area contributed by atoms with Gasteiger partial charge in [0.15, 0.2) is 0 Å². The molecule has 46 heavy (non-hydrogen) atoms. The maximum Gasteiger partial charge on any atom is 0.251 e. The normalized spacial score (nSPS) is 10.8. The number of carbonyl (C=O) groups excluding carboxylic acids is 2. The van der Waals surface area contributed by atoms with Crippen molar-refractivity contribution in [3.8, 4) is 0 Å². The summed E-state index contributed by atoms with van der Waals surface area (Å²) in [6, 6.07) is 30.2. The molecule has 0 aliphatic rings. The highest BCUT2D eigenvalue weighted by atomic mass is 33.1. The van der Waals surface area contributed by atoms with Crippen molar-refractivity contribution < 1.29 is 9.59 Å². The van der Waals surface area contributed by atoms with Gasteiger partial charge in [-0.1, -0.05) is 21.6 Å². The Morgan fingerprint density at radius 3 is 1.30 bits per heavy atom. The first-order chi connectivity index (χ1) is 22.3. The number of amides is 2. The molecule has 4 N–H and O–H groups in total. The molecule has 0 aliphatic heterocycles. The summed E-state index contributed by atoms with van der Waals surface area (Å²) in [6.45, 7) is 1.10. The Bertz CT molecular complexity index is 1560. The molecule has 0 saturated heterocycles. The number of hydrogen-bond acceptors (Lipinski definition) is 10. The molecule has 0 aromatic heterocycles. The third-order valence-corrected chi connectivity index (χ3v) is 9.09. The number of carbonyl (C=O) groups is 2. The Hall–Kier alpha value is -4.68. The highest BCUT2D eigenvalue weighted by Crippen LogP contribution is 2.22. The summed E-state index contributed by atoms with van der Waals surface area (Å²) < 4.78 is 0. The first kappa shape index (κ1) is 34.2. The zero-order chi connectivity index (χ0) is 32.7. The molecule has 0 atom stereocenters. The van der Waals surface area contributed by atoms with Crippen LogP contribution in [-0.2, 0) is 0 Å². The summed E-state index contributed by atoms with van der Waals surface area (Å²) in [5.41, 5.74) is 13.0. The highest BCUT2D eigenvalue weighted by Gasteiger charge is 2.07. The van der Waals surface area contributed by atoms with Gasteiger partial charge in [-0.25, -0.2) is 0 Å². The van der Waals surface area contributed by atoms with Gasteiger partial charge >= 0.3 is 0 Å². The van der Waals surface area contributed by atoms with Crippen molar-refractivity contribution in [1.82, 2.24) is 10.6 Å². The molecule has 4 aromatic carbocycles. The zero-order valence-electron chi connectivity index (χ0n) is 26.5. The van der Waals surface area contributed by atoms with E-state index in [1.54, 1.807) is 58.0 Å². The lowest BCUT2D eigenvalue weighted by Crippen LogP contribution is -2.26. The first-order valence-corrected chi connectivity index (χ1v) is 17.3. The molecule has 4 aromatic rings. The summed E-state index contributed by atoms with van der Waals surface area (Å²) in [4.78, 5) is 29.0. The maximum atomic E-state index is 12.5. The zero-order valence-corrected chi connectivity index (χ0v) is 28.1. The lowest BCUT2D eigenvalue weighted by atomic mass is 10.2. The van der Waals surface area contributed by atoms with Crippen molar-refractivity contribution in [2.24, 2.45) is 10.2 Å². The van der Waals surface area contributed by atoms with Crippen LogP contribution in [0.3, 0.4) is 0 Å². The maximum absolute atomic E-state index is 12.5. The van der Waals surface area contributed by atoms with Crippen molar-refractivity contribution in [2.75, 3.05) is 73.4 Å². The van der Waals surface area contributed by atoms with E-state index in [0.717, 1.165) is 39.9 Å². The number of anilines is 4. The third kappa shape index (κ3) is 11.0. The van der Waals surface area contributed by atoms with Gasteiger partial charge in [-0.3, -0.25) is 9.59 Å². The van der Waals surface area contributed by atoms with Crippen LogP contribution in [0.15, 0.2) is 107 Å². The highest BCUT2D eigenvalue weighted by molar-refractivity contribution is 8.76. The van der Waals surface area contributed by atoms with Gasteiger partial charge in [0.25, 0.3) is 11.8 Å². The van der Waals surface area contributed by atoms with E-state index in [1.165, 1.54) is 0 Å². The molecular weight excluding hydrogens is 617 g/mol. The molecule has 10 nitrogen and oxygen atoms in total. The molecule has 0 heterocycles. The largest absolute Gasteiger partial charge is 0.378 e. The fraction of sp³-hybridized carbons (Fsp3) is 0.235. The number of nitrogens with one attached hydrogen (secondary N) is 4. The number of nitrogens with zero attached hydrogens (tertiary/aromatic N) is 4. The molecule has 240 valence electrons. The molecule has 12 heteroatoms. The molecule has 2 amide bonds. The predicted molar refractivity (Wildman–Crippen MR) is 195 cm³/mol. The van der Waals surface area contributed by atoms with Crippen LogP contribution in [-0.4, -0.2) is 64.6 Å². The minimum atomic E-state index is -0.128. The average Bonchev–Trinajstić information content (AvgIpc) is 3.08. The average molecular weight is 657 g/mol. The monoisotopic (exact) mass is 656 g/mol. The molecule has 4 rings (SSSR count). The van der Waals surface area contributed by atoms with Gasteiger partial charge in [-0.2, -0.15) is 10.2 Å². The number of benzene rings is 4. The minimum Gasteiger partial charge on any atom is -0.378 e. The van der Waals surface area contributed by atoms with Gasteiger partial charge in [0.05, 0.1) is 22.7 Å². The minimum absolute atomic E-state index is 0.109. The van der Waals surface area contributed by atoms with Gasteiger partial charge in [-0.15, -0.1) is 0 Å². The standard InChI is InChI=1S/C34H40N8O2S2/c1-41(2)31-17-13-29(14-18-31)39-37-27-9-5-25(6-10-27)33(43)35-21-23-45-46-24-22-36-34(44)26-7-11-28(12-8-26)38-40-30-15-19-32(20-16-30)42(3)4/h5-20,37,39H,21-24H2,1-4H3,(H,35,43)(H,36,44)/b40-38+. The summed E-state index contributed by atoms with van der Waals surface area (Å²) >= 11 is 0. The van der Waals surface area contributed by atoms with Gasteiger partial charge in [-0.05, 0) is 97.1 Å². The summed E-state index contributed by atoms with van der Waals surface area (Å²) in [6.07, 6.45) is 0. The molecule has 0 radical (unpaired) electrons. The Balaban J connectivity index is 1.06. The van der Waals surface area contributed by atoms with Crippen molar-refractivity contribution in [1.29, 1.82) is 0 Å². The first-order valence-electron chi connectivity index (χ1n) is 14.8. The molecule has 0 bridgehead atoms. The summed E-state index contributed by atoms with van der Waals surface area (Å²) in [7, 11) is 11.3. The topological polar surface area (TPSA) is 113 Å². The summed E-state index contributed by atoms with van der Waals surface area (Å²) in [5.74, 6) is 1.28. The fourth-order valence-corrected chi connectivity index (χ4v) is 5.85. The predicted octanol–water partition coefficient (Wildman–Crippen LogP) is 7.21. The molecular formula is C34H40N8O2S2. The molecule has 0 unspecified atom stereocenters. The van der Waals surface area contributed by atoms with Crippen LogP contribution in [0.4, 0.5) is 34.1 Å². The van der Waals surface area contributed by atoms with Gasteiger partial charge in [0, 0.05) is 75.3 Å². The van der Waals surface area contributed by atoms with Crippen LogP contribution in [0.1, 0.15) is 20.7 Å². The van der Waals surface area contributed by atoms with Crippen molar-refractivity contribution >= 4 is 67.5 Å². The van der Waals surface area contributed by atoms with Crippen LogP contribution in [0.25, 0.3) is 0 Å². The van der Waals surface area contributed by atoms with Crippen LogP contribution >= 0.6 is 21.6 Å². The van der Waals surface area contributed by atoms with Crippen LogP contribution in [0, 0.1) is 0 Å². The summed E-state index contributed by atoms with van der Waals surface area (Å²) in [5, 5.41) is 14.4. The van der Waals surface area contributed by atoms with Gasteiger partial charge < -0.3 is 31.3 Å². The SMILES string of the molecule is CN(C)c1ccc(/N=N/c2ccc(C(=O)NCCSSCCNC(=O)c3ccc(NNc4ccc(N(C)C)cc4)cc3)cc2)cc1. The Labute approximate surface area is 278 Å². The molecule has 0 fully saturated rings. The quantitative estimate of drug-likeness (QED) is 0.0433. The van der Waals surface area contributed by atoms with E-state index in [2.05, 4.69) is 31.7 Å². The van der Waals surface area contributed by atoms with Gasteiger partial charge in [0.2, 0.25) is 0 Å². The van der Waals surface area contributed by atoms with E-state index in [-0.39, 0.29) is 11.8 Å². The lowest BCUT2D eigenvalue weighted by Gasteiger charge is -2.14. The van der Waals surface area contributed by atoms with Crippen LogP contribution < -0.4 is 31.3 Å². The van der Waals surface area contributed by atoms with Crippen LogP contribution in [0.2, 0.25) is 0 Å². The van der Waals surface area contributed by atoms with Crippen molar-refractivity contribution in [3.05, 3.63) is 108 Å². The van der Waals surface area contributed by atoms with E-state index >= 15 is 0 Å². The molecule has 0 aliphatic carbocycles. The Morgan fingerprint density at radius 1 is 0.543 bits per heavy atom. The Kier molecular flexibility index (Phi) is 13.2. The number of azo groups is 1. The van der Waals surface area contributed by atoms with E-state index in [9.17, 15) is 9.59 Å². The van der Waals surface area contributed by atoms with E-state index in [4.69, 9.17) is 0 Å². The van der Waals surface area contributed by atoms with Gasteiger partial charge in [0.1, 0.15) is 0 Å². The van der Waals surface area contributed by atoms with Crippen LogP contribution in [0.5, 0.6) is 0 Å². The molecule has 0 spiro atoms. The Morgan fingerprint density at radius 2 is 0.891 bits per heavy atom. The van der Waals surface area contributed by atoms with E-state index in [0.29, 0.717) is 29.9 Å². The second kappa shape index (κ2) is 17.7. The second-order valence-electron chi connectivity index (χ2n) is 10.6. The van der Waals surface area contributed by atoms with Crippen molar-refractivity contribution in [2.45, 2.75) is 0 Å². The number of hydrogen-bond donors (Lipinski definition) is 4. The molecule has 0 saturated carbocycles. The smallest absolute Gasteiger partial charge is 0.251 e. The second-order valence-corrected chi connectivity index (χ2v) is 13.3. The number of rotatable bonds is 16. The van der Waals surface area contributed by atoms with E-state index in [1.807, 2.05) is 98.7 Å². The fourth-order valence-electron chi connectivity index (χ4n) is 4.04. The third-order valence-electron chi connectivity index (χ3n) is 6.68. The number of hydrazine groups is 1. The lowest BCUT2D eigenvalue weighted by molar-refractivity contribution is 0.0948. The van der Waals surface area contributed by atoms with Crippen molar-refractivity contribution in [3.63, 3.8) is 0 Å². The van der Waals surface area contributed by atoms with E-state index < -0.39 is 0 Å².